The van der Waals surface area contributed by atoms with Gasteiger partial charge < -0.3 is 15.5 Å². The molecule has 1 aliphatic heterocycles. The van der Waals surface area contributed by atoms with Crippen molar-refractivity contribution in [1.29, 1.82) is 0 Å². The van der Waals surface area contributed by atoms with Crippen molar-refractivity contribution in [2.24, 2.45) is 5.92 Å². The third-order valence-corrected chi connectivity index (χ3v) is 3.71. The Morgan fingerprint density at radius 3 is 2.68 bits per heavy atom. The summed E-state index contributed by atoms with van der Waals surface area (Å²) in [4.78, 5) is 25.6. The summed E-state index contributed by atoms with van der Waals surface area (Å²) in [6.07, 6.45) is 0. The van der Waals surface area contributed by atoms with Gasteiger partial charge in [-0.3, -0.25) is 4.79 Å². The van der Waals surface area contributed by atoms with Crippen molar-refractivity contribution in [1.82, 2.24) is 10.2 Å². The Morgan fingerprint density at radius 1 is 1.41 bits per heavy atom. The van der Waals surface area contributed by atoms with Crippen molar-refractivity contribution in [2.75, 3.05) is 18.4 Å². The number of amides is 3. The standard InChI is InChI=1S/C14H16ClF2N3O2/c1-7(2)12-13(21)18-3-4-20(12)14(22)19-11-6-10(17)9(16)5-8(11)15/h5-7,12H,3-4H2,1-2H3,(H,18,21)(H,19,22)/t12-/m0/s1. The molecule has 1 saturated heterocycles. The molecule has 3 amide bonds. The first-order valence-corrected chi connectivity index (χ1v) is 7.19. The molecule has 8 heteroatoms. The molecule has 0 saturated carbocycles. The predicted molar refractivity (Wildman–Crippen MR) is 78.7 cm³/mol. The van der Waals surface area contributed by atoms with E-state index in [0.717, 1.165) is 12.1 Å². The molecule has 22 heavy (non-hydrogen) atoms. The van der Waals surface area contributed by atoms with Crippen LogP contribution in [0.25, 0.3) is 0 Å². The molecule has 1 aromatic carbocycles. The fourth-order valence-electron chi connectivity index (χ4n) is 2.38. The average Bonchev–Trinajstić information content (AvgIpc) is 2.43. The van der Waals surface area contributed by atoms with Gasteiger partial charge in [0.05, 0.1) is 10.7 Å². The molecule has 1 heterocycles. The number of piperazine rings is 1. The molecule has 2 rings (SSSR count). The first-order valence-electron chi connectivity index (χ1n) is 6.81. The second-order valence-electron chi connectivity index (χ2n) is 5.35. The molecule has 5 nitrogen and oxygen atoms in total. The van der Waals surface area contributed by atoms with E-state index >= 15 is 0 Å². The fourth-order valence-corrected chi connectivity index (χ4v) is 2.58. The Bertz CT molecular complexity index is 610. The molecule has 0 bridgehead atoms. The molecule has 1 fully saturated rings. The fraction of sp³-hybridized carbons (Fsp3) is 0.429. The maximum Gasteiger partial charge on any atom is 0.322 e. The number of nitrogens with zero attached hydrogens (tertiary/aromatic N) is 1. The summed E-state index contributed by atoms with van der Waals surface area (Å²) in [6.45, 7) is 4.30. The number of urea groups is 1. The second kappa shape index (κ2) is 6.48. The minimum Gasteiger partial charge on any atom is -0.353 e. The number of hydrogen-bond donors (Lipinski definition) is 2. The molecule has 2 N–H and O–H groups in total. The number of anilines is 1. The molecular formula is C14H16ClF2N3O2. The van der Waals surface area contributed by atoms with Crippen molar-refractivity contribution >= 4 is 29.2 Å². The molecule has 0 aromatic heterocycles. The van der Waals surface area contributed by atoms with Crippen LogP contribution in [0.15, 0.2) is 12.1 Å². The summed E-state index contributed by atoms with van der Waals surface area (Å²) in [5, 5.41) is 5.00. The van der Waals surface area contributed by atoms with Gasteiger partial charge >= 0.3 is 6.03 Å². The van der Waals surface area contributed by atoms with Crippen LogP contribution < -0.4 is 10.6 Å². The number of carbonyl (C=O) groups excluding carboxylic acids is 2. The highest BCUT2D eigenvalue weighted by Crippen LogP contribution is 2.26. The minimum atomic E-state index is -1.11. The first-order chi connectivity index (χ1) is 10.3. The topological polar surface area (TPSA) is 61.4 Å². The number of carbonyl (C=O) groups is 2. The Morgan fingerprint density at radius 2 is 2.05 bits per heavy atom. The highest BCUT2D eigenvalue weighted by atomic mass is 35.5. The van der Waals surface area contributed by atoms with Gasteiger partial charge in [0.2, 0.25) is 5.91 Å². The van der Waals surface area contributed by atoms with Crippen LogP contribution in [0.5, 0.6) is 0 Å². The van der Waals surface area contributed by atoms with Crippen LogP contribution in [-0.2, 0) is 4.79 Å². The summed E-state index contributed by atoms with van der Waals surface area (Å²) >= 11 is 5.79. The number of halogens is 3. The third-order valence-electron chi connectivity index (χ3n) is 3.40. The van der Waals surface area contributed by atoms with Crippen LogP contribution in [0.4, 0.5) is 19.3 Å². The summed E-state index contributed by atoms with van der Waals surface area (Å²) < 4.78 is 26.3. The maximum atomic E-state index is 13.3. The first kappa shape index (κ1) is 16.5. The lowest BCUT2D eigenvalue weighted by Gasteiger charge is -2.37. The van der Waals surface area contributed by atoms with E-state index in [0.29, 0.717) is 13.1 Å². The Balaban J connectivity index is 2.21. The highest BCUT2D eigenvalue weighted by Gasteiger charge is 2.35. The lowest BCUT2D eigenvalue weighted by atomic mass is 10.00. The third kappa shape index (κ3) is 3.30. The van der Waals surface area contributed by atoms with E-state index in [1.807, 2.05) is 13.8 Å². The molecule has 1 atom stereocenters. The van der Waals surface area contributed by atoms with Crippen LogP contribution in [-0.4, -0.2) is 36.0 Å². The van der Waals surface area contributed by atoms with Crippen LogP contribution in [0.3, 0.4) is 0 Å². The molecule has 120 valence electrons. The molecule has 0 unspecified atom stereocenters. The van der Waals surface area contributed by atoms with Crippen LogP contribution >= 0.6 is 11.6 Å². The summed E-state index contributed by atoms with van der Waals surface area (Å²) in [5.41, 5.74) is -0.0425. The Kier molecular flexibility index (Phi) is 4.85. The van der Waals surface area contributed by atoms with Gasteiger partial charge in [0.15, 0.2) is 11.6 Å². The summed E-state index contributed by atoms with van der Waals surface area (Å²) in [6, 6.07) is 0.388. The molecule has 1 aromatic rings. The highest BCUT2D eigenvalue weighted by molar-refractivity contribution is 6.33. The van der Waals surface area contributed by atoms with Crippen LogP contribution in [0.1, 0.15) is 13.8 Å². The second-order valence-corrected chi connectivity index (χ2v) is 5.76. The van der Waals surface area contributed by atoms with Gasteiger partial charge in [-0.05, 0) is 12.0 Å². The van der Waals surface area contributed by atoms with Gasteiger partial charge in [-0.1, -0.05) is 25.4 Å². The van der Waals surface area contributed by atoms with Crippen molar-refractivity contribution in [3.05, 3.63) is 28.8 Å². The Labute approximate surface area is 131 Å². The monoisotopic (exact) mass is 331 g/mol. The van der Waals surface area contributed by atoms with E-state index in [-0.39, 0.29) is 22.5 Å². The maximum absolute atomic E-state index is 13.3. The molecule has 0 radical (unpaired) electrons. The SMILES string of the molecule is CC(C)[C@H]1C(=O)NCCN1C(=O)Nc1cc(F)c(F)cc1Cl. The van der Waals surface area contributed by atoms with Gasteiger partial charge in [0.25, 0.3) is 0 Å². The lowest BCUT2D eigenvalue weighted by molar-refractivity contribution is -0.129. The van der Waals surface area contributed by atoms with Crippen molar-refractivity contribution in [3.8, 4) is 0 Å². The van der Waals surface area contributed by atoms with Crippen LogP contribution in [0, 0.1) is 17.6 Å². The zero-order valence-corrected chi connectivity index (χ0v) is 12.9. The average molecular weight is 332 g/mol. The van der Waals surface area contributed by atoms with Gasteiger partial charge in [-0.2, -0.15) is 0 Å². The number of rotatable bonds is 2. The number of nitrogens with one attached hydrogen (secondary N) is 2. The van der Waals surface area contributed by atoms with Crippen molar-refractivity contribution < 1.29 is 18.4 Å². The molecule has 0 aliphatic carbocycles. The quantitative estimate of drug-likeness (QED) is 0.818. The number of hydrogen-bond acceptors (Lipinski definition) is 2. The van der Waals surface area contributed by atoms with Gasteiger partial charge in [0, 0.05) is 19.2 Å². The zero-order valence-electron chi connectivity index (χ0n) is 12.1. The molecule has 0 spiro atoms. The van der Waals surface area contributed by atoms with Crippen LogP contribution in [0.2, 0.25) is 5.02 Å². The zero-order chi connectivity index (χ0) is 16.4. The molecular weight excluding hydrogens is 316 g/mol. The van der Waals surface area contributed by atoms with E-state index in [2.05, 4.69) is 10.6 Å². The van der Waals surface area contributed by atoms with E-state index in [4.69, 9.17) is 11.6 Å². The Hall–Kier alpha value is -1.89. The number of benzene rings is 1. The minimum absolute atomic E-state index is 0.0425. The smallest absolute Gasteiger partial charge is 0.322 e. The summed E-state index contributed by atoms with van der Waals surface area (Å²) in [5.74, 6) is -2.55. The van der Waals surface area contributed by atoms with E-state index in [9.17, 15) is 18.4 Å². The molecule has 1 aliphatic rings. The lowest BCUT2D eigenvalue weighted by Crippen LogP contribution is -2.60. The van der Waals surface area contributed by atoms with Gasteiger partial charge in [-0.25, -0.2) is 13.6 Å². The van der Waals surface area contributed by atoms with Gasteiger partial charge in [0.1, 0.15) is 6.04 Å². The van der Waals surface area contributed by atoms with Crippen molar-refractivity contribution in [2.45, 2.75) is 19.9 Å². The normalized spacial score (nSPS) is 18.4. The van der Waals surface area contributed by atoms with Crippen molar-refractivity contribution in [3.63, 3.8) is 0 Å². The largest absolute Gasteiger partial charge is 0.353 e. The van der Waals surface area contributed by atoms with E-state index < -0.39 is 23.7 Å². The summed E-state index contributed by atoms with van der Waals surface area (Å²) in [7, 11) is 0. The van der Waals surface area contributed by atoms with E-state index in [1.165, 1.54) is 4.90 Å². The van der Waals surface area contributed by atoms with E-state index in [1.54, 1.807) is 0 Å². The van der Waals surface area contributed by atoms with Gasteiger partial charge in [-0.15, -0.1) is 0 Å². The predicted octanol–water partition coefficient (Wildman–Crippen LogP) is 2.61.